The van der Waals surface area contributed by atoms with E-state index in [2.05, 4.69) is 166 Å². The highest BCUT2D eigenvalue weighted by Crippen LogP contribution is 2.58. The fourth-order valence-electron chi connectivity index (χ4n) is 8.92. The van der Waals surface area contributed by atoms with Gasteiger partial charge in [0.05, 0.1) is 5.69 Å². The quantitative estimate of drug-likeness (QED) is 0.196. The number of fused-ring (bicyclic) bond motifs is 11. The zero-order valence-electron chi connectivity index (χ0n) is 27.6. The Morgan fingerprint density at radius 1 is 0.458 bits per heavy atom. The van der Waals surface area contributed by atoms with E-state index in [0.29, 0.717) is 0 Å². The van der Waals surface area contributed by atoms with Crippen LogP contribution < -0.4 is 4.90 Å². The van der Waals surface area contributed by atoms with Crippen LogP contribution in [0, 0.1) is 0 Å². The zero-order valence-corrected chi connectivity index (χ0v) is 27.6. The molecule has 2 heteroatoms. The molecule has 10 rings (SSSR count). The molecule has 0 unspecified atom stereocenters. The van der Waals surface area contributed by atoms with Crippen LogP contribution in [0.15, 0.2) is 144 Å². The van der Waals surface area contributed by atoms with E-state index in [0.717, 1.165) is 33.3 Å². The third-order valence-corrected chi connectivity index (χ3v) is 11.2. The molecule has 0 amide bonds. The van der Waals surface area contributed by atoms with Crippen LogP contribution in [0.2, 0.25) is 0 Å². The van der Waals surface area contributed by atoms with Gasteiger partial charge in [-0.2, -0.15) is 0 Å². The van der Waals surface area contributed by atoms with Crippen molar-refractivity contribution in [3.8, 4) is 22.3 Å². The Labute approximate surface area is 280 Å². The second-order valence-corrected chi connectivity index (χ2v) is 14.6. The topological polar surface area (TPSA) is 16.4 Å². The number of hydrogen-bond acceptors (Lipinski definition) is 2. The maximum Gasteiger partial charge on any atom is 0.135 e. The molecule has 48 heavy (non-hydrogen) atoms. The molecule has 0 radical (unpaired) electrons. The Kier molecular flexibility index (Phi) is 5.44. The van der Waals surface area contributed by atoms with Crippen LogP contribution >= 0.6 is 0 Å². The molecule has 2 nitrogen and oxygen atoms in total. The molecule has 0 aliphatic heterocycles. The van der Waals surface area contributed by atoms with Crippen molar-refractivity contribution in [2.24, 2.45) is 0 Å². The van der Waals surface area contributed by atoms with Crippen molar-refractivity contribution in [3.05, 3.63) is 162 Å². The van der Waals surface area contributed by atoms with Gasteiger partial charge in [-0.3, -0.25) is 0 Å². The molecule has 2 aliphatic carbocycles. The van der Waals surface area contributed by atoms with E-state index in [1.54, 1.807) is 0 Å². The lowest BCUT2D eigenvalue weighted by molar-refractivity contribution is 0.660. The molecule has 0 bridgehead atoms. The lowest BCUT2D eigenvalue weighted by Gasteiger charge is -2.31. The van der Waals surface area contributed by atoms with Gasteiger partial charge in [0, 0.05) is 38.5 Å². The molecule has 7 aromatic carbocycles. The van der Waals surface area contributed by atoms with Crippen molar-refractivity contribution in [1.29, 1.82) is 0 Å². The fourth-order valence-corrected chi connectivity index (χ4v) is 8.92. The molecule has 8 aromatic rings. The summed E-state index contributed by atoms with van der Waals surface area (Å²) in [6, 6.07) is 51.4. The minimum atomic E-state index is -0.153. The molecule has 0 fully saturated rings. The number of nitrogens with zero attached hydrogens (tertiary/aromatic N) is 1. The average molecular weight is 618 g/mol. The summed E-state index contributed by atoms with van der Waals surface area (Å²) in [5, 5.41) is 4.83. The van der Waals surface area contributed by atoms with Gasteiger partial charge < -0.3 is 9.32 Å². The van der Waals surface area contributed by atoms with Gasteiger partial charge in [0.2, 0.25) is 0 Å². The average Bonchev–Trinajstić information content (AvgIpc) is 3.68. The summed E-state index contributed by atoms with van der Waals surface area (Å²) in [6.07, 6.45) is 0. The van der Waals surface area contributed by atoms with Crippen molar-refractivity contribution >= 4 is 49.8 Å². The number of rotatable bonds is 3. The predicted molar refractivity (Wildman–Crippen MR) is 201 cm³/mol. The van der Waals surface area contributed by atoms with Crippen molar-refractivity contribution in [2.75, 3.05) is 4.90 Å². The summed E-state index contributed by atoms with van der Waals surface area (Å²) in [7, 11) is 0. The molecule has 1 aromatic heterocycles. The minimum absolute atomic E-state index is 0.113. The molecule has 0 N–H and O–H groups in total. The van der Waals surface area contributed by atoms with E-state index in [1.807, 2.05) is 6.07 Å². The minimum Gasteiger partial charge on any atom is -0.456 e. The molecule has 230 valence electrons. The molecule has 2 aliphatic rings. The number of hydrogen-bond donors (Lipinski definition) is 0. The van der Waals surface area contributed by atoms with Gasteiger partial charge in [0.15, 0.2) is 0 Å². The third-order valence-electron chi connectivity index (χ3n) is 11.2. The SMILES string of the molecule is CC1(C)c2ccccc2-c2ccc(N(c3ccc4oc5ccccc5c4c3)c3cc4ccccc4c4c3-c3ccccc3C4(C)C)cc21. The second kappa shape index (κ2) is 9.49. The van der Waals surface area contributed by atoms with Crippen LogP contribution in [0.3, 0.4) is 0 Å². The first kappa shape index (κ1) is 27.5. The van der Waals surface area contributed by atoms with E-state index in [9.17, 15) is 0 Å². The predicted octanol–water partition coefficient (Wildman–Crippen LogP) is 12.8. The molecular formula is C46H35NO. The van der Waals surface area contributed by atoms with E-state index in [4.69, 9.17) is 4.42 Å². The molecule has 0 spiro atoms. The summed E-state index contributed by atoms with van der Waals surface area (Å²) < 4.78 is 6.31. The zero-order chi connectivity index (χ0) is 32.4. The van der Waals surface area contributed by atoms with E-state index < -0.39 is 0 Å². The van der Waals surface area contributed by atoms with Crippen LogP contribution in [0.25, 0.3) is 55.0 Å². The Balaban J connectivity index is 1.31. The summed E-state index contributed by atoms with van der Waals surface area (Å²) in [6.45, 7) is 9.50. The van der Waals surface area contributed by atoms with Gasteiger partial charge in [0.1, 0.15) is 11.2 Å². The van der Waals surface area contributed by atoms with Crippen molar-refractivity contribution in [3.63, 3.8) is 0 Å². The standard InChI is InChI=1S/C46H35NO/c1-45(2)37-18-10-7-15-32(37)33-23-21-30(27-39(33)45)47(29-22-24-42-36(26-29)34-16-9-12-20-41(34)48-42)40-25-28-13-5-6-14-31(28)44-43(40)35-17-8-11-19-38(35)46(44,3)4/h5-27H,1-4H3. The van der Waals surface area contributed by atoms with E-state index in [-0.39, 0.29) is 10.8 Å². The second-order valence-electron chi connectivity index (χ2n) is 14.6. The highest BCUT2D eigenvalue weighted by atomic mass is 16.3. The number of furan rings is 1. The van der Waals surface area contributed by atoms with Gasteiger partial charge in [-0.1, -0.05) is 125 Å². The maximum atomic E-state index is 6.31. The number of anilines is 3. The Morgan fingerprint density at radius 2 is 1.06 bits per heavy atom. The molecule has 1 heterocycles. The van der Waals surface area contributed by atoms with Gasteiger partial charge in [-0.25, -0.2) is 0 Å². The molecule has 0 atom stereocenters. The summed E-state index contributed by atoms with van der Waals surface area (Å²) in [5.41, 5.74) is 15.8. The largest absolute Gasteiger partial charge is 0.456 e. The Morgan fingerprint density at radius 3 is 1.90 bits per heavy atom. The molecular weight excluding hydrogens is 583 g/mol. The van der Waals surface area contributed by atoms with Crippen LogP contribution in [-0.2, 0) is 10.8 Å². The first-order valence-corrected chi connectivity index (χ1v) is 16.9. The van der Waals surface area contributed by atoms with Crippen molar-refractivity contribution in [2.45, 2.75) is 38.5 Å². The Bertz CT molecular complexity index is 2630. The Hall–Kier alpha value is -5.60. The first-order chi connectivity index (χ1) is 23.3. The molecule has 0 saturated carbocycles. The first-order valence-electron chi connectivity index (χ1n) is 16.9. The van der Waals surface area contributed by atoms with Crippen LogP contribution in [0.4, 0.5) is 17.1 Å². The van der Waals surface area contributed by atoms with Gasteiger partial charge >= 0.3 is 0 Å². The smallest absolute Gasteiger partial charge is 0.135 e. The van der Waals surface area contributed by atoms with Crippen LogP contribution in [-0.4, -0.2) is 0 Å². The third kappa shape index (κ3) is 3.58. The van der Waals surface area contributed by atoms with Gasteiger partial charge in [-0.05, 0) is 92.2 Å². The maximum absolute atomic E-state index is 6.31. The van der Waals surface area contributed by atoms with Crippen LogP contribution in [0.5, 0.6) is 0 Å². The lowest BCUT2D eigenvalue weighted by atomic mass is 9.80. The monoisotopic (exact) mass is 617 g/mol. The number of para-hydroxylation sites is 1. The van der Waals surface area contributed by atoms with Gasteiger partial charge in [-0.15, -0.1) is 0 Å². The summed E-state index contributed by atoms with van der Waals surface area (Å²) >= 11 is 0. The van der Waals surface area contributed by atoms with Gasteiger partial charge in [0.25, 0.3) is 0 Å². The normalized spacial score (nSPS) is 15.0. The highest BCUT2D eigenvalue weighted by Gasteiger charge is 2.40. The fraction of sp³-hybridized carbons (Fsp3) is 0.130. The summed E-state index contributed by atoms with van der Waals surface area (Å²) in [4.78, 5) is 2.50. The van der Waals surface area contributed by atoms with Crippen molar-refractivity contribution < 1.29 is 4.42 Å². The van der Waals surface area contributed by atoms with E-state index in [1.165, 1.54) is 61.0 Å². The van der Waals surface area contributed by atoms with E-state index >= 15 is 0 Å². The highest BCUT2D eigenvalue weighted by molar-refractivity contribution is 6.09. The lowest BCUT2D eigenvalue weighted by Crippen LogP contribution is -2.18. The molecule has 0 saturated heterocycles. The van der Waals surface area contributed by atoms with Crippen molar-refractivity contribution in [1.82, 2.24) is 0 Å². The summed E-state index contributed by atoms with van der Waals surface area (Å²) in [5.74, 6) is 0. The van der Waals surface area contributed by atoms with Crippen LogP contribution in [0.1, 0.15) is 49.9 Å². The number of benzene rings is 7.